The lowest BCUT2D eigenvalue weighted by Crippen LogP contribution is -2.50. The molecule has 2 fully saturated rings. The first kappa shape index (κ1) is 14.3. The number of hydrogen-bond donors (Lipinski definition) is 1. The number of nitrogens with zero attached hydrogens (tertiary/aromatic N) is 1. The molecule has 2 aliphatic rings. The van der Waals surface area contributed by atoms with Crippen LogP contribution in [0.3, 0.4) is 0 Å². The summed E-state index contributed by atoms with van der Waals surface area (Å²) in [5.74, 6) is 1.46. The van der Waals surface area contributed by atoms with Gasteiger partial charge in [-0.2, -0.15) is 0 Å². The van der Waals surface area contributed by atoms with Gasteiger partial charge in [0.15, 0.2) is 0 Å². The van der Waals surface area contributed by atoms with E-state index in [9.17, 15) is 5.11 Å². The Morgan fingerprint density at radius 2 is 1.89 bits per heavy atom. The van der Waals surface area contributed by atoms with Crippen LogP contribution < -0.4 is 0 Å². The lowest BCUT2D eigenvalue weighted by molar-refractivity contribution is -0.0833. The zero-order valence-electron chi connectivity index (χ0n) is 12.3. The molecule has 2 nitrogen and oxygen atoms in total. The Bertz CT molecular complexity index is 245. The van der Waals surface area contributed by atoms with Crippen LogP contribution in [-0.2, 0) is 0 Å². The number of rotatable bonds is 4. The van der Waals surface area contributed by atoms with E-state index in [0.29, 0.717) is 5.92 Å². The van der Waals surface area contributed by atoms with Gasteiger partial charge in [-0.05, 0) is 50.5 Å². The van der Waals surface area contributed by atoms with Gasteiger partial charge in [0.1, 0.15) is 0 Å². The summed E-state index contributed by atoms with van der Waals surface area (Å²) in [6.45, 7) is 7.97. The van der Waals surface area contributed by atoms with Gasteiger partial charge in [-0.25, -0.2) is 0 Å². The van der Waals surface area contributed by atoms with Crippen molar-refractivity contribution in [3.8, 4) is 0 Å². The molecule has 106 valence electrons. The van der Waals surface area contributed by atoms with Gasteiger partial charge in [-0.3, -0.25) is 0 Å². The highest BCUT2D eigenvalue weighted by Gasteiger charge is 2.41. The van der Waals surface area contributed by atoms with Crippen LogP contribution in [0.15, 0.2) is 0 Å². The fraction of sp³-hybridized carbons (Fsp3) is 1.00. The Morgan fingerprint density at radius 3 is 2.50 bits per heavy atom. The molecule has 1 aliphatic heterocycles. The molecule has 1 heterocycles. The predicted octanol–water partition coefficient (Wildman–Crippen LogP) is 3.44. The smallest absolute Gasteiger partial charge is 0.0700 e. The van der Waals surface area contributed by atoms with Gasteiger partial charge in [0.25, 0.3) is 0 Å². The summed E-state index contributed by atoms with van der Waals surface area (Å²) in [7, 11) is 0. The standard InChI is InChI=1S/C16H31NO/c1-3-10-17-11-8-16(18,9-12-17)15-7-5-6-14(4-2)13-15/h14-15,18H,3-13H2,1-2H3. The maximum Gasteiger partial charge on any atom is 0.0700 e. The summed E-state index contributed by atoms with van der Waals surface area (Å²) >= 11 is 0. The lowest BCUT2D eigenvalue weighted by atomic mass is 9.69. The van der Waals surface area contributed by atoms with E-state index in [0.717, 1.165) is 31.8 Å². The molecule has 0 radical (unpaired) electrons. The Morgan fingerprint density at radius 1 is 1.17 bits per heavy atom. The third-order valence-electron chi connectivity index (χ3n) is 5.38. The highest BCUT2D eigenvalue weighted by molar-refractivity contribution is 4.93. The predicted molar refractivity (Wildman–Crippen MR) is 76.7 cm³/mol. The van der Waals surface area contributed by atoms with Crippen molar-refractivity contribution in [2.75, 3.05) is 19.6 Å². The molecule has 0 bridgehead atoms. The molecule has 18 heavy (non-hydrogen) atoms. The first-order valence-electron chi connectivity index (χ1n) is 8.12. The van der Waals surface area contributed by atoms with Crippen LogP contribution in [0.4, 0.5) is 0 Å². The molecule has 1 saturated heterocycles. The van der Waals surface area contributed by atoms with Crippen molar-refractivity contribution >= 4 is 0 Å². The topological polar surface area (TPSA) is 23.5 Å². The first-order valence-corrected chi connectivity index (χ1v) is 8.12. The van der Waals surface area contributed by atoms with Crippen molar-refractivity contribution in [2.45, 2.75) is 70.8 Å². The van der Waals surface area contributed by atoms with Crippen LogP contribution >= 0.6 is 0 Å². The molecule has 1 aliphatic carbocycles. The minimum absolute atomic E-state index is 0.335. The van der Waals surface area contributed by atoms with Crippen molar-refractivity contribution in [1.82, 2.24) is 4.90 Å². The summed E-state index contributed by atoms with van der Waals surface area (Å²) in [6.07, 6.45) is 9.83. The van der Waals surface area contributed by atoms with Gasteiger partial charge in [-0.1, -0.05) is 33.1 Å². The zero-order valence-corrected chi connectivity index (χ0v) is 12.3. The Hall–Kier alpha value is -0.0800. The van der Waals surface area contributed by atoms with E-state index in [4.69, 9.17) is 0 Å². The quantitative estimate of drug-likeness (QED) is 0.829. The molecule has 0 spiro atoms. The maximum absolute atomic E-state index is 11.0. The van der Waals surface area contributed by atoms with E-state index in [1.54, 1.807) is 0 Å². The highest BCUT2D eigenvalue weighted by atomic mass is 16.3. The minimum atomic E-state index is -0.335. The third kappa shape index (κ3) is 3.27. The average Bonchev–Trinajstić information content (AvgIpc) is 2.42. The molecule has 1 N–H and O–H groups in total. The van der Waals surface area contributed by atoms with Crippen molar-refractivity contribution in [3.05, 3.63) is 0 Å². The second kappa shape index (κ2) is 6.38. The minimum Gasteiger partial charge on any atom is -0.390 e. The van der Waals surface area contributed by atoms with E-state index >= 15 is 0 Å². The van der Waals surface area contributed by atoms with Crippen molar-refractivity contribution in [2.24, 2.45) is 11.8 Å². The van der Waals surface area contributed by atoms with Crippen LogP contribution in [0.2, 0.25) is 0 Å². The molecule has 2 unspecified atom stereocenters. The van der Waals surface area contributed by atoms with Crippen molar-refractivity contribution in [1.29, 1.82) is 0 Å². The van der Waals surface area contributed by atoms with E-state index < -0.39 is 0 Å². The number of piperidine rings is 1. The van der Waals surface area contributed by atoms with Gasteiger partial charge in [0.2, 0.25) is 0 Å². The van der Waals surface area contributed by atoms with Crippen LogP contribution in [-0.4, -0.2) is 35.2 Å². The van der Waals surface area contributed by atoms with Gasteiger partial charge >= 0.3 is 0 Å². The average molecular weight is 253 g/mol. The molecular weight excluding hydrogens is 222 g/mol. The monoisotopic (exact) mass is 253 g/mol. The SMILES string of the molecule is CCCN1CCC(O)(C2CCCC(CC)C2)CC1. The first-order chi connectivity index (χ1) is 8.68. The fourth-order valence-electron chi connectivity index (χ4n) is 4.04. The Balaban J connectivity index is 1.88. The summed E-state index contributed by atoms with van der Waals surface area (Å²) in [5, 5.41) is 11.0. The molecular formula is C16H31NO. The van der Waals surface area contributed by atoms with E-state index in [1.165, 1.54) is 45.1 Å². The number of aliphatic hydroxyl groups is 1. The summed E-state index contributed by atoms with van der Waals surface area (Å²) in [6, 6.07) is 0. The molecule has 1 saturated carbocycles. The van der Waals surface area contributed by atoms with Gasteiger partial charge in [0, 0.05) is 13.1 Å². The van der Waals surface area contributed by atoms with Crippen LogP contribution in [0, 0.1) is 11.8 Å². The van der Waals surface area contributed by atoms with Gasteiger partial charge in [0.05, 0.1) is 5.60 Å². The second-order valence-corrected chi connectivity index (χ2v) is 6.58. The van der Waals surface area contributed by atoms with Crippen LogP contribution in [0.1, 0.15) is 65.2 Å². The molecule has 2 rings (SSSR count). The molecule has 0 amide bonds. The molecule has 0 aromatic heterocycles. The zero-order chi connectivity index (χ0) is 13.0. The molecule has 0 aromatic carbocycles. The lowest BCUT2D eigenvalue weighted by Gasteiger charge is -2.45. The van der Waals surface area contributed by atoms with E-state index in [-0.39, 0.29) is 5.60 Å². The maximum atomic E-state index is 11.0. The summed E-state index contributed by atoms with van der Waals surface area (Å²) < 4.78 is 0. The van der Waals surface area contributed by atoms with Gasteiger partial charge in [-0.15, -0.1) is 0 Å². The Kier molecular flexibility index (Phi) is 5.08. The van der Waals surface area contributed by atoms with Gasteiger partial charge < -0.3 is 10.0 Å². The van der Waals surface area contributed by atoms with E-state index in [1.807, 2.05) is 0 Å². The molecule has 0 aromatic rings. The fourth-order valence-corrected chi connectivity index (χ4v) is 4.04. The van der Waals surface area contributed by atoms with E-state index in [2.05, 4.69) is 18.7 Å². The number of likely N-dealkylation sites (tertiary alicyclic amines) is 1. The third-order valence-corrected chi connectivity index (χ3v) is 5.38. The Labute approximate surface area is 113 Å². The molecule has 2 heteroatoms. The van der Waals surface area contributed by atoms with Crippen LogP contribution in [0.5, 0.6) is 0 Å². The summed E-state index contributed by atoms with van der Waals surface area (Å²) in [5.41, 5.74) is -0.335. The largest absolute Gasteiger partial charge is 0.390 e. The summed E-state index contributed by atoms with van der Waals surface area (Å²) in [4.78, 5) is 2.52. The van der Waals surface area contributed by atoms with Crippen molar-refractivity contribution < 1.29 is 5.11 Å². The highest BCUT2D eigenvalue weighted by Crippen LogP contribution is 2.41. The normalized spacial score (nSPS) is 33.5. The number of hydrogen-bond acceptors (Lipinski definition) is 2. The van der Waals surface area contributed by atoms with Crippen molar-refractivity contribution in [3.63, 3.8) is 0 Å². The van der Waals surface area contributed by atoms with Crippen LogP contribution in [0.25, 0.3) is 0 Å². The second-order valence-electron chi connectivity index (χ2n) is 6.58. The molecule has 2 atom stereocenters.